The third kappa shape index (κ3) is 4.27. The Morgan fingerprint density at radius 1 is 1.00 bits per heavy atom. The lowest BCUT2D eigenvalue weighted by molar-refractivity contribution is -0.146. The molecule has 5 heteroatoms. The van der Waals surface area contributed by atoms with Crippen molar-refractivity contribution in [1.29, 1.82) is 0 Å². The highest BCUT2D eigenvalue weighted by molar-refractivity contribution is 5.88. The molecule has 2 aliphatic rings. The number of nitrogens with zero attached hydrogens (tertiary/aromatic N) is 2. The van der Waals surface area contributed by atoms with Gasteiger partial charge in [0.1, 0.15) is 0 Å². The Morgan fingerprint density at radius 2 is 1.62 bits per heavy atom. The molecule has 0 atom stereocenters. The highest BCUT2D eigenvalue weighted by Crippen LogP contribution is 2.38. The van der Waals surface area contributed by atoms with Gasteiger partial charge in [-0.1, -0.05) is 30.3 Å². The predicted molar refractivity (Wildman–Crippen MR) is 102 cm³/mol. The van der Waals surface area contributed by atoms with E-state index in [-0.39, 0.29) is 11.9 Å². The highest BCUT2D eigenvalue weighted by atomic mass is 16.5. The first-order valence-corrected chi connectivity index (χ1v) is 9.80. The molecule has 2 fully saturated rings. The van der Waals surface area contributed by atoms with E-state index < -0.39 is 5.41 Å². The molecule has 1 amide bonds. The molecule has 1 aromatic rings. The zero-order valence-electron chi connectivity index (χ0n) is 16.2. The number of carbonyl (C=O) groups is 1. The van der Waals surface area contributed by atoms with Crippen LogP contribution in [0.5, 0.6) is 0 Å². The number of rotatable bonds is 6. The van der Waals surface area contributed by atoms with Crippen LogP contribution in [0.2, 0.25) is 0 Å². The van der Waals surface area contributed by atoms with E-state index in [4.69, 9.17) is 9.47 Å². The van der Waals surface area contributed by atoms with E-state index in [1.54, 1.807) is 0 Å². The fourth-order valence-electron chi connectivity index (χ4n) is 4.13. The minimum atomic E-state index is -0.454. The number of hydrogen-bond acceptors (Lipinski definition) is 4. The lowest BCUT2D eigenvalue weighted by Crippen LogP contribution is -2.55. The number of carbonyl (C=O) groups excluding carboxylic acids is 1. The summed E-state index contributed by atoms with van der Waals surface area (Å²) in [6, 6.07) is 10.6. The topological polar surface area (TPSA) is 42.0 Å². The highest BCUT2D eigenvalue weighted by Gasteiger charge is 2.45. The van der Waals surface area contributed by atoms with Crippen LogP contribution in [0.3, 0.4) is 0 Å². The van der Waals surface area contributed by atoms with Crippen LogP contribution in [0.1, 0.15) is 31.2 Å². The standard InChI is InChI=1S/C21H32N2O3/c1-22(2)12-13-23(19-8-14-25-15-9-19)20(24)21(10-16-26-17-11-21)18-6-4-3-5-7-18/h3-7,19H,8-17H2,1-2H3. The smallest absolute Gasteiger partial charge is 0.233 e. The number of amides is 1. The fourth-order valence-corrected chi connectivity index (χ4v) is 4.13. The van der Waals surface area contributed by atoms with Crippen molar-refractivity contribution in [3.63, 3.8) is 0 Å². The summed E-state index contributed by atoms with van der Waals surface area (Å²) in [6.07, 6.45) is 3.39. The molecular weight excluding hydrogens is 328 g/mol. The van der Waals surface area contributed by atoms with Gasteiger partial charge in [0.15, 0.2) is 0 Å². The van der Waals surface area contributed by atoms with E-state index in [0.29, 0.717) is 13.2 Å². The van der Waals surface area contributed by atoms with Crippen molar-refractivity contribution in [2.75, 3.05) is 53.6 Å². The molecule has 2 heterocycles. The molecule has 26 heavy (non-hydrogen) atoms. The zero-order valence-corrected chi connectivity index (χ0v) is 16.2. The Labute approximate surface area is 157 Å². The second kappa shape index (κ2) is 8.98. The summed E-state index contributed by atoms with van der Waals surface area (Å²) in [5.41, 5.74) is 0.680. The zero-order chi connectivity index (χ0) is 18.4. The Kier molecular flexibility index (Phi) is 6.68. The molecule has 2 aliphatic heterocycles. The van der Waals surface area contributed by atoms with Crippen LogP contribution in [0.15, 0.2) is 30.3 Å². The molecule has 0 aliphatic carbocycles. The molecule has 0 bridgehead atoms. The largest absolute Gasteiger partial charge is 0.381 e. The minimum absolute atomic E-state index is 0.277. The molecule has 0 saturated carbocycles. The van der Waals surface area contributed by atoms with E-state index in [9.17, 15) is 4.79 Å². The SMILES string of the molecule is CN(C)CCN(C(=O)C1(c2ccccc2)CCOCC1)C1CCOCC1. The van der Waals surface area contributed by atoms with Crippen LogP contribution < -0.4 is 0 Å². The molecule has 1 aromatic carbocycles. The second-order valence-corrected chi connectivity index (χ2v) is 7.71. The maximum absolute atomic E-state index is 13.9. The van der Waals surface area contributed by atoms with Gasteiger partial charge in [-0.25, -0.2) is 0 Å². The maximum Gasteiger partial charge on any atom is 0.233 e. The first-order valence-electron chi connectivity index (χ1n) is 9.80. The van der Waals surface area contributed by atoms with Crippen LogP contribution in [0.25, 0.3) is 0 Å². The molecule has 0 spiro atoms. The van der Waals surface area contributed by atoms with Crippen LogP contribution >= 0.6 is 0 Å². The second-order valence-electron chi connectivity index (χ2n) is 7.71. The lowest BCUT2D eigenvalue weighted by Gasteiger charge is -2.44. The van der Waals surface area contributed by atoms with Crippen molar-refractivity contribution in [3.05, 3.63) is 35.9 Å². The van der Waals surface area contributed by atoms with Crippen molar-refractivity contribution in [1.82, 2.24) is 9.80 Å². The summed E-state index contributed by atoms with van der Waals surface area (Å²) in [7, 11) is 4.13. The van der Waals surface area contributed by atoms with Crippen molar-refractivity contribution in [2.24, 2.45) is 0 Å². The fraction of sp³-hybridized carbons (Fsp3) is 0.667. The van der Waals surface area contributed by atoms with E-state index >= 15 is 0 Å². The van der Waals surface area contributed by atoms with E-state index in [1.165, 1.54) is 0 Å². The third-order valence-corrected chi connectivity index (χ3v) is 5.76. The van der Waals surface area contributed by atoms with Gasteiger partial charge in [0, 0.05) is 45.6 Å². The molecular formula is C21H32N2O3. The van der Waals surface area contributed by atoms with E-state index in [0.717, 1.165) is 57.6 Å². The van der Waals surface area contributed by atoms with Gasteiger partial charge in [0.05, 0.1) is 5.41 Å². The molecule has 0 radical (unpaired) electrons. The first-order chi connectivity index (χ1) is 12.6. The Hall–Kier alpha value is -1.43. The average molecular weight is 360 g/mol. The Bertz CT molecular complexity index is 564. The summed E-state index contributed by atoms with van der Waals surface area (Å²) in [5, 5.41) is 0. The van der Waals surface area contributed by atoms with Gasteiger partial charge in [0.25, 0.3) is 0 Å². The van der Waals surface area contributed by atoms with Crippen LogP contribution in [-0.4, -0.2) is 75.4 Å². The quantitative estimate of drug-likeness (QED) is 0.781. The third-order valence-electron chi connectivity index (χ3n) is 5.76. The summed E-state index contributed by atoms with van der Waals surface area (Å²) < 4.78 is 11.2. The number of likely N-dealkylation sites (N-methyl/N-ethyl adjacent to an activating group) is 1. The monoisotopic (exact) mass is 360 g/mol. The van der Waals surface area contributed by atoms with Crippen LogP contribution in [0.4, 0.5) is 0 Å². The molecule has 0 unspecified atom stereocenters. The lowest BCUT2D eigenvalue weighted by atomic mass is 9.72. The Balaban J connectivity index is 1.90. The number of hydrogen-bond donors (Lipinski definition) is 0. The van der Waals surface area contributed by atoms with Gasteiger partial charge >= 0.3 is 0 Å². The summed E-state index contributed by atoms with van der Waals surface area (Å²) in [5.74, 6) is 0.278. The summed E-state index contributed by atoms with van der Waals surface area (Å²) in [4.78, 5) is 18.2. The molecule has 5 nitrogen and oxygen atoms in total. The minimum Gasteiger partial charge on any atom is -0.381 e. The van der Waals surface area contributed by atoms with Gasteiger partial charge < -0.3 is 19.3 Å². The average Bonchev–Trinajstić information content (AvgIpc) is 2.70. The normalized spacial score (nSPS) is 20.9. The molecule has 0 aromatic heterocycles. The van der Waals surface area contributed by atoms with Gasteiger partial charge in [-0.2, -0.15) is 0 Å². The molecule has 2 saturated heterocycles. The molecule has 3 rings (SSSR count). The van der Waals surface area contributed by atoms with Crippen LogP contribution in [-0.2, 0) is 19.7 Å². The number of ether oxygens (including phenoxy) is 2. The van der Waals surface area contributed by atoms with Gasteiger partial charge in [0.2, 0.25) is 5.91 Å². The first kappa shape index (κ1) is 19.3. The molecule has 144 valence electrons. The van der Waals surface area contributed by atoms with E-state index in [1.807, 2.05) is 18.2 Å². The van der Waals surface area contributed by atoms with Gasteiger partial charge in [-0.3, -0.25) is 4.79 Å². The predicted octanol–water partition coefficient (Wildman–Crippen LogP) is 2.30. The van der Waals surface area contributed by atoms with Gasteiger partial charge in [-0.05, 0) is 45.3 Å². The van der Waals surface area contributed by atoms with Crippen LogP contribution in [0, 0.1) is 0 Å². The Morgan fingerprint density at radius 3 is 2.23 bits per heavy atom. The maximum atomic E-state index is 13.9. The summed E-state index contributed by atoms with van der Waals surface area (Å²) >= 11 is 0. The summed E-state index contributed by atoms with van der Waals surface area (Å²) in [6.45, 7) is 4.44. The van der Waals surface area contributed by atoms with Crippen molar-refractivity contribution < 1.29 is 14.3 Å². The molecule has 0 N–H and O–H groups in total. The van der Waals surface area contributed by atoms with Crippen molar-refractivity contribution >= 4 is 5.91 Å². The van der Waals surface area contributed by atoms with E-state index in [2.05, 4.69) is 36.0 Å². The number of benzene rings is 1. The van der Waals surface area contributed by atoms with Crippen molar-refractivity contribution in [3.8, 4) is 0 Å². The van der Waals surface area contributed by atoms with Gasteiger partial charge in [-0.15, -0.1) is 0 Å². The van der Waals surface area contributed by atoms with Crippen molar-refractivity contribution in [2.45, 2.75) is 37.1 Å².